The van der Waals surface area contributed by atoms with Gasteiger partial charge in [-0.15, -0.1) is 0 Å². The minimum absolute atomic E-state index is 0.0130. The third kappa shape index (κ3) is 5.63. The number of ether oxygens (including phenoxy) is 3. The van der Waals surface area contributed by atoms with Crippen molar-refractivity contribution in [2.24, 2.45) is 5.92 Å². The number of hydrogen-bond donors (Lipinski definition) is 1. The highest BCUT2D eigenvalue weighted by Gasteiger charge is 2.33. The molecule has 1 aromatic carbocycles. The van der Waals surface area contributed by atoms with Crippen LogP contribution in [0.2, 0.25) is 0 Å². The summed E-state index contributed by atoms with van der Waals surface area (Å²) < 4.78 is 15.5. The van der Waals surface area contributed by atoms with Gasteiger partial charge >= 0.3 is 12.0 Å². The molecule has 0 spiro atoms. The van der Waals surface area contributed by atoms with Gasteiger partial charge in [-0.05, 0) is 43.4 Å². The van der Waals surface area contributed by atoms with Crippen molar-refractivity contribution in [3.63, 3.8) is 0 Å². The molecule has 0 radical (unpaired) electrons. The van der Waals surface area contributed by atoms with Crippen molar-refractivity contribution in [1.82, 2.24) is 15.1 Å². The van der Waals surface area contributed by atoms with Crippen molar-refractivity contribution >= 4 is 17.9 Å². The fourth-order valence-electron chi connectivity index (χ4n) is 4.33. The molecule has 9 nitrogen and oxygen atoms in total. The fraction of sp³-hybridized carbons (Fsp3) is 0.609. The highest BCUT2D eigenvalue weighted by atomic mass is 16.5. The molecule has 0 aliphatic carbocycles. The van der Waals surface area contributed by atoms with Crippen molar-refractivity contribution in [1.29, 1.82) is 0 Å². The quantitative estimate of drug-likeness (QED) is 0.645. The molecule has 0 unspecified atom stereocenters. The molecule has 1 aromatic rings. The molecule has 0 saturated carbocycles. The van der Waals surface area contributed by atoms with Gasteiger partial charge in [-0.2, -0.15) is 0 Å². The second-order valence-corrected chi connectivity index (χ2v) is 8.22. The fourth-order valence-corrected chi connectivity index (χ4v) is 4.33. The number of nitrogens with zero attached hydrogens (tertiary/aromatic N) is 2. The summed E-state index contributed by atoms with van der Waals surface area (Å²) in [7, 11) is 4.39. The Morgan fingerprint density at radius 1 is 1.00 bits per heavy atom. The second kappa shape index (κ2) is 11.1. The van der Waals surface area contributed by atoms with Crippen LogP contribution < -0.4 is 14.8 Å². The minimum atomic E-state index is -0.584. The first kappa shape index (κ1) is 23.7. The number of carbonyl (C=O) groups excluding carboxylic acids is 3. The Hall–Kier alpha value is -2.97. The summed E-state index contributed by atoms with van der Waals surface area (Å²) in [5.41, 5.74) is 0.710. The van der Waals surface area contributed by atoms with Crippen LogP contribution >= 0.6 is 0 Å². The van der Waals surface area contributed by atoms with E-state index in [9.17, 15) is 14.4 Å². The zero-order valence-electron chi connectivity index (χ0n) is 19.1. The lowest BCUT2D eigenvalue weighted by atomic mass is 9.95. The van der Waals surface area contributed by atoms with E-state index in [0.29, 0.717) is 36.6 Å². The summed E-state index contributed by atoms with van der Waals surface area (Å²) in [6, 6.07) is 4.71. The predicted molar refractivity (Wildman–Crippen MR) is 118 cm³/mol. The van der Waals surface area contributed by atoms with Gasteiger partial charge in [0, 0.05) is 26.2 Å². The molecule has 2 aliphatic heterocycles. The van der Waals surface area contributed by atoms with Crippen molar-refractivity contribution in [3.8, 4) is 11.5 Å². The van der Waals surface area contributed by atoms with Crippen molar-refractivity contribution < 1.29 is 28.6 Å². The number of nitrogens with one attached hydrogen (secondary N) is 1. The number of piperidine rings is 1. The van der Waals surface area contributed by atoms with Gasteiger partial charge in [0.25, 0.3) is 0 Å². The number of carbonyl (C=O) groups is 3. The SMILES string of the molecule is COC(=O)C[C@@H](NC(=O)[C@@H]1CCCN(C(=O)N2CCCC2)C1)c1ccc(OC)c(OC)c1. The second-order valence-electron chi connectivity index (χ2n) is 8.22. The van der Waals surface area contributed by atoms with Crippen LogP contribution in [0.3, 0.4) is 0 Å². The van der Waals surface area contributed by atoms with E-state index >= 15 is 0 Å². The number of likely N-dealkylation sites (tertiary alicyclic amines) is 2. The van der Waals surface area contributed by atoms with Crippen LogP contribution in [0.5, 0.6) is 11.5 Å². The minimum Gasteiger partial charge on any atom is -0.493 e. The molecule has 0 bridgehead atoms. The lowest BCUT2D eigenvalue weighted by Gasteiger charge is -2.35. The number of rotatable bonds is 7. The van der Waals surface area contributed by atoms with Crippen molar-refractivity contribution in [2.45, 2.75) is 38.1 Å². The molecule has 2 saturated heterocycles. The summed E-state index contributed by atoms with van der Waals surface area (Å²) in [5, 5.41) is 3.00. The maximum atomic E-state index is 13.1. The topological polar surface area (TPSA) is 97.4 Å². The van der Waals surface area contributed by atoms with Crippen LogP contribution in [0.1, 0.15) is 43.7 Å². The standard InChI is InChI=1S/C23H33N3O6/c1-30-19-9-8-16(13-20(19)31-2)18(14-21(27)32-3)24-22(28)17-7-6-12-26(15-17)23(29)25-10-4-5-11-25/h8-9,13,17-18H,4-7,10-12,14-15H2,1-3H3,(H,24,28)/t17-,18-/m1/s1. The largest absolute Gasteiger partial charge is 0.493 e. The van der Waals surface area contributed by atoms with Gasteiger partial charge < -0.3 is 29.3 Å². The summed E-state index contributed by atoms with van der Waals surface area (Å²) >= 11 is 0. The third-order valence-corrected chi connectivity index (χ3v) is 6.16. The van der Waals surface area contributed by atoms with Crippen molar-refractivity contribution in [2.75, 3.05) is 47.5 Å². The Labute approximate surface area is 189 Å². The molecule has 3 rings (SSSR count). The van der Waals surface area contributed by atoms with E-state index in [0.717, 1.165) is 32.4 Å². The van der Waals surface area contributed by atoms with Crippen LogP contribution in [-0.4, -0.2) is 75.2 Å². The van der Waals surface area contributed by atoms with Crippen LogP contribution in [0, 0.1) is 5.92 Å². The summed E-state index contributed by atoms with van der Waals surface area (Å²) in [6.07, 6.45) is 3.52. The molecule has 2 atom stereocenters. The molecule has 9 heteroatoms. The van der Waals surface area contributed by atoms with E-state index < -0.39 is 12.0 Å². The number of methoxy groups -OCH3 is 3. The Kier molecular flexibility index (Phi) is 8.19. The number of urea groups is 1. The van der Waals surface area contributed by atoms with E-state index in [1.165, 1.54) is 14.2 Å². The van der Waals surface area contributed by atoms with E-state index in [-0.39, 0.29) is 24.3 Å². The lowest BCUT2D eigenvalue weighted by Crippen LogP contribution is -2.50. The summed E-state index contributed by atoms with van der Waals surface area (Å²) in [5.74, 6) is 0.139. The highest BCUT2D eigenvalue weighted by Crippen LogP contribution is 2.31. The molecule has 2 heterocycles. The Morgan fingerprint density at radius 3 is 2.34 bits per heavy atom. The molecular weight excluding hydrogens is 414 g/mol. The summed E-state index contributed by atoms with van der Waals surface area (Å²) in [6.45, 7) is 2.62. The van der Waals surface area contributed by atoms with Gasteiger partial charge in [0.15, 0.2) is 11.5 Å². The zero-order valence-corrected chi connectivity index (χ0v) is 19.1. The zero-order chi connectivity index (χ0) is 23.1. The first-order valence-electron chi connectivity index (χ1n) is 11.1. The van der Waals surface area contributed by atoms with Crippen LogP contribution in [-0.2, 0) is 14.3 Å². The first-order chi connectivity index (χ1) is 15.5. The third-order valence-electron chi connectivity index (χ3n) is 6.16. The van der Waals surface area contributed by atoms with E-state index in [1.807, 2.05) is 4.90 Å². The average molecular weight is 448 g/mol. The van der Waals surface area contributed by atoms with Gasteiger partial charge in [0.1, 0.15) is 0 Å². The lowest BCUT2D eigenvalue weighted by molar-refractivity contribution is -0.141. The average Bonchev–Trinajstić information content (AvgIpc) is 3.37. The number of amides is 3. The van der Waals surface area contributed by atoms with Gasteiger partial charge in [-0.3, -0.25) is 9.59 Å². The maximum absolute atomic E-state index is 13.1. The molecule has 32 heavy (non-hydrogen) atoms. The number of esters is 1. The number of hydrogen-bond acceptors (Lipinski definition) is 6. The molecule has 3 amide bonds. The van der Waals surface area contributed by atoms with Crippen LogP contribution in [0.25, 0.3) is 0 Å². The Balaban J connectivity index is 1.71. The van der Waals surface area contributed by atoms with E-state index in [4.69, 9.17) is 14.2 Å². The smallest absolute Gasteiger partial charge is 0.320 e. The van der Waals surface area contributed by atoms with Crippen LogP contribution in [0.15, 0.2) is 18.2 Å². The first-order valence-corrected chi connectivity index (χ1v) is 11.1. The number of benzene rings is 1. The molecule has 2 fully saturated rings. The molecule has 2 aliphatic rings. The van der Waals surface area contributed by atoms with E-state index in [1.54, 1.807) is 30.2 Å². The van der Waals surface area contributed by atoms with Gasteiger partial charge in [0.05, 0.1) is 39.7 Å². The van der Waals surface area contributed by atoms with Crippen LogP contribution in [0.4, 0.5) is 4.79 Å². The predicted octanol–water partition coefficient (Wildman–Crippen LogP) is 2.35. The maximum Gasteiger partial charge on any atom is 0.320 e. The normalized spacial score (nSPS) is 19.3. The monoisotopic (exact) mass is 447 g/mol. The highest BCUT2D eigenvalue weighted by molar-refractivity contribution is 5.82. The van der Waals surface area contributed by atoms with Gasteiger partial charge in [-0.25, -0.2) is 4.79 Å². The summed E-state index contributed by atoms with van der Waals surface area (Å²) in [4.78, 5) is 41.6. The van der Waals surface area contributed by atoms with Gasteiger partial charge in [-0.1, -0.05) is 6.07 Å². The Morgan fingerprint density at radius 2 is 1.69 bits per heavy atom. The molecule has 176 valence electrons. The molecular formula is C23H33N3O6. The molecule has 1 N–H and O–H groups in total. The van der Waals surface area contributed by atoms with E-state index in [2.05, 4.69) is 5.32 Å². The van der Waals surface area contributed by atoms with Crippen molar-refractivity contribution in [3.05, 3.63) is 23.8 Å². The molecule has 0 aromatic heterocycles. The van der Waals surface area contributed by atoms with Gasteiger partial charge in [0.2, 0.25) is 5.91 Å². The Bertz CT molecular complexity index is 824.